The number of fused-ring (bicyclic) bond motifs is 1. The molecule has 1 aliphatic heterocycles. The van der Waals surface area contributed by atoms with Crippen LogP contribution in [0.4, 0.5) is 5.69 Å². The molecule has 0 fully saturated rings. The van der Waals surface area contributed by atoms with Gasteiger partial charge in [0.1, 0.15) is 0 Å². The Labute approximate surface area is 140 Å². The van der Waals surface area contributed by atoms with Gasteiger partial charge in [-0.25, -0.2) is 4.98 Å². The molecule has 1 unspecified atom stereocenters. The Morgan fingerprint density at radius 2 is 2.18 bits per heavy atom. The first-order chi connectivity index (χ1) is 10.5. The molecule has 1 aromatic carbocycles. The van der Waals surface area contributed by atoms with Crippen molar-refractivity contribution in [3.05, 3.63) is 50.9 Å². The average molecular weight is 380 g/mol. The van der Waals surface area contributed by atoms with Crippen LogP contribution in [0.25, 0.3) is 0 Å². The molecule has 7 heteroatoms. The minimum absolute atomic E-state index is 0.0889. The number of amides is 1. The SMILES string of the molecule is Cc1cc(=O)n2c(n1)SCC2CC(=O)Nc1ccc(Br)cc1. The molecule has 3 rings (SSSR count). The normalized spacial score (nSPS) is 16.4. The largest absolute Gasteiger partial charge is 0.326 e. The van der Waals surface area contributed by atoms with Gasteiger partial charge in [-0.15, -0.1) is 0 Å². The van der Waals surface area contributed by atoms with Gasteiger partial charge in [0.25, 0.3) is 5.56 Å². The maximum Gasteiger partial charge on any atom is 0.254 e. The van der Waals surface area contributed by atoms with Crippen LogP contribution in [0.5, 0.6) is 0 Å². The summed E-state index contributed by atoms with van der Waals surface area (Å²) in [5.74, 6) is 0.590. The zero-order valence-corrected chi connectivity index (χ0v) is 14.3. The molecule has 1 amide bonds. The molecule has 1 aliphatic rings. The summed E-state index contributed by atoms with van der Waals surface area (Å²) < 4.78 is 2.58. The summed E-state index contributed by atoms with van der Waals surface area (Å²) in [5.41, 5.74) is 1.37. The van der Waals surface area contributed by atoms with Gasteiger partial charge in [0.15, 0.2) is 5.16 Å². The maximum absolute atomic E-state index is 12.2. The zero-order valence-electron chi connectivity index (χ0n) is 11.9. The Bertz CT molecular complexity index is 773. The van der Waals surface area contributed by atoms with Crippen LogP contribution in [0.2, 0.25) is 0 Å². The van der Waals surface area contributed by atoms with Crippen molar-refractivity contribution in [3.63, 3.8) is 0 Å². The summed E-state index contributed by atoms with van der Waals surface area (Å²) >= 11 is 4.87. The Morgan fingerprint density at radius 3 is 2.91 bits per heavy atom. The molecule has 0 bridgehead atoms. The van der Waals surface area contributed by atoms with Crippen LogP contribution in [0.1, 0.15) is 18.2 Å². The molecule has 114 valence electrons. The highest BCUT2D eigenvalue weighted by Gasteiger charge is 2.27. The zero-order chi connectivity index (χ0) is 15.7. The van der Waals surface area contributed by atoms with E-state index in [1.54, 1.807) is 11.5 Å². The molecular formula is C15H14BrN3O2S. The Balaban J connectivity index is 1.72. The standard InChI is InChI=1S/C15H14BrN3O2S/c1-9-6-14(21)19-12(8-22-15(19)17-9)7-13(20)18-11-4-2-10(16)3-5-11/h2-6,12H,7-8H2,1H3,(H,18,20). The van der Waals surface area contributed by atoms with Crippen molar-refractivity contribution in [2.24, 2.45) is 0 Å². The summed E-state index contributed by atoms with van der Waals surface area (Å²) in [7, 11) is 0. The van der Waals surface area contributed by atoms with E-state index < -0.39 is 0 Å². The number of carbonyl (C=O) groups excluding carboxylic acids is 1. The number of halogens is 1. The number of benzene rings is 1. The van der Waals surface area contributed by atoms with Crippen LogP contribution in [0.3, 0.4) is 0 Å². The van der Waals surface area contributed by atoms with Crippen LogP contribution in [0, 0.1) is 6.92 Å². The summed E-state index contributed by atoms with van der Waals surface area (Å²) in [6, 6.07) is 8.76. The highest BCUT2D eigenvalue weighted by molar-refractivity contribution is 9.10. The third kappa shape index (κ3) is 3.25. The number of aromatic nitrogens is 2. The Hall–Kier alpha value is -1.60. The molecule has 0 saturated heterocycles. The number of rotatable bonds is 3. The van der Waals surface area contributed by atoms with Crippen LogP contribution in [0.15, 0.2) is 44.8 Å². The van der Waals surface area contributed by atoms with Crippen LogP contribution < -0.4 is 10.9 Å². The van der Waals surface area contributed by atoms with E-state index >= 15 is 0 Å². The van der Waals surface area contributed by atoms with Crippen molar-refractivity contribution in [2.45, 2.75) is 24.5 Å². The Morgan fingerprint density at radius 1 is 1.45 bits per heavy atom. The molecule has 1 atom stereocenters. The lowest BCUT2D eigenvalue weighted by atomic mass is 10.2. The molecule has 2 heterocycles. The fourth-order valence-electron chi connectivity index (χ4n) is 2.37. The third-order valence-electron chi connectivity index (χ3n) is 3.37. The first-order valence-corrected chi connectivity index (χ1v) is 8.59. The van der Waals surface area contributed by atoms with Gasteiger partial charge >= 0.3 is 0 Å². The van der Waals surface area contributed by atoms with Crippen molar-refractivity contribution in [1.29, 1.82) is 0 Å². The van der Waals surface area contributed by atoms with E-state index in [9.17, 15) is 9.59 Å². The van der Waals surface area contributed by atoms with Crippen molar-refractivity contribution >= 4 is 39.3 Å². The molecule has 5 nitrogen and oxygen atoms in total. The third-order valence-corrected chi connectivity index (χ3v) is 4.99. The molecular weight excluding hydrogens is 366 g/mol. The fourth-order valence-corrected chi connectivity index (χ4v) is 3.83. The van der Waals surface area contributed by atoms with Gasteiger partial charge in [-0.2, -0.15) is 0 Å². The number of hydrogen-bond donors (Lipinski definition) is 1. The molecule has 0 radical (unpaired) electrons. The lowest BCUT2D eigenvalue weighted by Crippen LogP contribution is -2.27. The maximum atomic E-state index is 12.2. The van der Waals surface area contributed by atoms with Crippen LogP contribution in [-0.2, 0) is 4.79 Å². The predicted molar refractivity (Wildman–Crippen MR) is 90.4 cm³/mol. The molecule has 22 heavy (non-hydrogen) atoms. The molecule has 0 spiro atoms. The highest BCUT2D eigenvalue weighted by atomic mass is 79.9. The monoisotopic (exact) mass is 379 g/mol. The van der Waals surface area contributed by atoms with Crippen molar-refractivity contribution in [1.82, 2.24) is 9.55 Å². The van der Waals surface area contributed by atoms with Crippen LogP contribution in [-0.4, -0.2) is 21.2 Å². The second kappa shape index (κ2) is 6.26. The predicted octanol–water partition coefficient (Wildman–Crippen LogP) is 2.99. The average Bonchev–Trinajstić information content (AvgIpc) is 2.84. The van der Waals surface area contributed by atoms with E-state index in [1.807, 2.05) is 24.3 Å². The highest BCUT2D eigenvalue weighted by Crippen LogP contribution is 2.32. The van der Waals surface area contributed by atoms with E-state index in [1.165, 1.54) is 17.8 Å². The Kier molecular flexibility index (Phi) is 4.35. The smallest absolute Gasteiger partial charge is 0.254 e. The molecule has 0 saturated carbocycles. The lowest BCUT2D eigenvalue weighted by molar-refractivity contribution is -0.116. The summed E-state index contributed by atoms with van der Waals surface area (Å²) in [6.07, 6.45) is 0.265. The summed E-state index contributed by atoms with van der Waals surface area (Å²) in [5, 5.41) is 3.55. The first-order valence-electron chi connectivity index (χ1n) is 6.81. The van der Waals surface area contributed by atoms with Gasteiger partial charge in [-0.1, -0.05) is 27.7 Å². The molecule has 1 N–H and O–H groups in total. The number of anilines is 1. The minimum atomic E-state index is -0.143. The lowest BCUT2D eigenvalue weighted by Gasteiger charge is -2.13. The van der Waals surface area contributed by atoms with E-state index in [0.717, 1.165) is 10.2 Å². The summed E-state index contributed by atoms with van der Waals surface area (Å²) in [4.78, 5) is 28.6. The number of carbonyl (C=O) groups is 1. The van der Waals surface area contributed by atoms with Crippen molar-refractivity contribution in [3.8, 4) is 0 Å². The second-order valence-electron chi connectivity index (χ2n) is 5.11. The minimum Gasteiger partial charge on any atom is -0.326 e. The number of nitrogens with one attached hydrogen (secondary N) is 1. The van der Waals surface area contributed by atoms with Gasteiger partial charge < -0.3 is 5.32 Å². The number of aryl methyl sites for hydroxylation is 1. The van der Waals surface area contributed by atoms with Crippen LogP contribution >= 0.6 is 27.7 Å². The molecule has 2 aromatic rings. The second-order valence-corrected chi connectivity index (χ2v) is 7.02. The molecule has 1 aromatic heterocycles. The van der Waals surface area contributed by atoms with E-state index in [0.29, 0.717) is 16.6 Å². The summed E-state index contributed by atoms with van der Waals surface area (Å²) in [6.45, 7) is 1.80. The number of thioether (sulfide) groups is 1. The first kappa shape index (κ1) is 15.3. The van der Waals surface area contributed by atoms with Gasteiger partial charge in [-0.3, -0.25) is 14.2 Å². The van der Waals surface area contributed by atoms with Gasteiger partial charge in [0.05, 0.1) is 6.04 Å². The van der Waals surface area contributed by atoms with Crippen molar-refractivity contribution < 1.29 is 4.79 Å². The van der Waals surface area contributed by atoms with E-state index in [-0.39, 0.29) is 23.9 Å². The molecule has 0 aliphatic carbocycles. The van der Waals surface area contributed by atoms with Gasteiger partial charge in [0, 0.05) is 34.1 Å². The number of nitrogens with zero attached hydrogens (tertiary/aromatic N) is 2. The van der Waals surface area contributed by atoms with Gasteiger partial charge in [-0.05, 0) is 31.2 Å². The number of hydrogen-bond acceptors (Lipinski definition) is 4. The fraction of sp³-hybridized carbons (Fsp3) is 0.267. The quantitative estimate of drug-likeness (QED) is 0.832. The van der Waals surface area contributed by atoms with E-state index in [4.69, 9.17) is 0 Å². The topological polar surface area (TPSA) is 64.0 Å². The van der Waals surface area contributed by atoms with E-state index in [2.05, 4.69) is 26.2 Å². The van der Waals surface area contributed by atoms with Gasteiger partial charge in [0.2, 0.25) is 5.91 Å². The van der Waals surface area contributed by atoms with Crippen molar-refractivity contribution in [2.75, 3.05) is 11.1 Å².